The van der Waals surface area contributed by atoms with Crippen molar-refractivity contribution in [2.24, 2.45) is 0 Å². The maximum atomic E-state index is 13.1. The van der Waals surface area contributed by atoms with E-state index in [1.807, 2.05) is 36.6 Å². The minimum atomic E-state index is -5.08. The van der Waals surface area contributed by atoms with Gasteiger partial charge in [-0.2, -0.15) is 13.2 Å². The van der Waals surface area contributed by atoms with Crippen LogP contribution in [0.3, 0.4) is 0 Å². The van der Waals surface area contributed by atoms with E-state index in [4.69, 9.17) is 9.90 Å². The zero-order valence-corrected chi connectivity index (χ0v) is 23.2. The van der Waals surface area contributed by atoms with Gasteiger partial charge < -0.3 is 19.7 Å². The Balaban J connectivity index is 0.000000587. The van der Waals surface area contributed by atoms with Gasteiger partial charge in [0.25, 0.3) is 5.91 Å². The van der Waals surface area contributed by atoms with Gasteiger partial charge in [0.15, 0.2) is 11.4 Å². The second kappa shape index (κ2) is 13.5. The number of nitrogens with zero attached hydrogens (tertiary/aromatic N) is 3. The van der Waals surface area contributed by atoms with Crippen LogP contribution >= 0.6 is 0 Å². The Morgan fingerprint density at radius 3 is 2.20 bits per heavy atom. The number of aliphatic carboxylic acids is 1. The molecule has 1 aliphatic heterocycles. The van der Waals surface area contributed by atoms with Gasteiger partial charge in [0, 0.05) is 44.0 Å². The van der Waals surface area contributed by atoms with E-state index >= 15 is 0 Å². The normalized spacial score (nSPS) is 13.2. The lowest BCUT2D eigenvalue weighted by Crippen LogP contribution is -2.46. The van der Waals surface area contributed by atoms with E-state index in [9.17, 15) is 27.9 Å². The fourth-order valence-corrected chi connectivity index (χ4v) is 4.78. The van der Waals surface area contributed by atoms with Crippen LogP contribution in [0.25, 0.3) is 11.1 Å². The van der Waals surface area contributed by atoms with Crippen molar-refractivity contribution in [3.8, 4) is 16.9 Å². The summed E-state index contributed by atoms with van der Waals surface area (Å²) in [5.74, 6) is -3.49. The van der Waals surface area contributed by atoms with Gasteiger partial charge in [0.2, 0.25) is 5.43 Å². The summed E-state index contributed by atoms with van der Waals surface area (Å²) in [4.78, 5) is 38.6. The molecule has 2 heterocycles. The lowest BCUT2D eigenvalue weighted by atomic mass is 9.99. The molecule has 2 aromatic carbocycles. The number of amides is 1. The Morgan fingerprint density at radius 1 is 1.00 bits per heavy atom. The van der Waals surface area contributed by atoms with Crippen molar-refractivity contribution >= 4 is 11.9 Å². The van der Waals surface area contributed by atoms with E-state index in [-0.39, 0.29) is 17.6 Å². The molecule has 3 aromatic rings. The number of pyridine rings is 1. The quantitative estimate of drug-likeness (QED) is 0.387. The van der Waals surface area contributed by atoms with Crippen molar-refractivity contribution in [3.63, 3.8) is 0 Å². The van der Waals surface area contributed by atoms with Crippen LogP contribution in [0.2, 0.25) is 0 Å². The molecule has 8 nitrogen and oxygen atoms in total. The lowest BCUT2D eigenvalue weighted by molar-refractivity contribution is -0.192. The number of hydrogen-bond donors (Lipinski definition) is 2. The van der Waals surface area contributed by atoms with Crippen molar-refractivity contribution < 1.29 is 33.0 Å². The highest BCUT2D eigenvalue weighted by Crippen LogP contribution is 2.27. The first-order valence-electron chi connectivity index (χ1n) is 13.3. The average Bonchev–Trinajstić information content (AvgIpc) is 2.92. The summed E-state index contributed by atoms with van der Waals surface area (Å²) >= 11 is 0. The van der Waals surface area contributed by atoms with Gasteiger partial charge in [-0.05, 0) is 43.5 Å². The molecule has 1 aliphatic rings. The number of carboxylic acid groups (broad SMARTS) is 1. The first-order chi connectivity index (χ1) is 19.3. The van der Waals surface area contributed by atoms with Crippen LogP contribution in [0.5, 0.6) is 5.75 Å². The van der Waals surface area contributed by atoms with Gasteiger partial charge in [0.05, 0.1) is 0 Å². The van der Waals surface area contributed by atoms with Crippen molar-refractivity contribution in [1.82, 2.24) is 14.4 Å². The molecule has 0 unspecified atom stereocenters. The standard InChI is InChI=1S/C28H33N3O3.C2HF3O2/c1-4-14-29(18-22-12-8-9-13-24(22)21-10-6-5-7-11-21)19-23-17-25(32)27(33)26-28(34)30(20(2)3)15-16-31(23)26;3-2(4,5)1(6)7/h5-13,17,20,33H,4,14-16,18-19H2,1-3H3;(H,6,7). The maximum absolute atomic E-state index is 13.1. The topological polar surface area (TPSA) is 103 Å². The number of benzene rings is 2. The molecule has 0 bridgehead atoms. The third-order valence-electron chi connectivity index (χ3n) is 6.69. The number of halogens is 3. The van der Waals surface area contributed by atoms with Crippen LogP contribution in [0.4, 0.5) is 13.2 Å². The first kappa shape index (κ1) is 31.4. The van der Waals surface area contributed by atoms with Gasteiger partial charge in [-0.3, -0.25) is 14.5 Å². The number of rotatable bonds is 8. The Labute approximate surface area is 236 Å². The molecule has 2 N–H and O–H groups in total. The molecule has 0 radical (unpaired) electrons. The second-order valence-electron chi connectivity index (χ2n) is 9.98. The molecule has 0 saturated carbocycles. The predicted molar refractivity (Wildman–Crippen MR) is 149 cm³/mol. The summed E-state index contributed by atoms with van der Waals surface area (Å²) in [6.45, 7) is 9.23. The van der Waals surface area contributed by atoms with Crippen LogP contribution in [0.15, 0.2) is 65.5 Å². The zero-order valence-electron chi connectivity index (χ0n) is 23.2. The number of carbonyl (C=O) groups is 2. The van der Waals surface area contributed by atoms with Gasteiger partial charge in [0.1, 0.15) is 0 Å². The van der Waals surface area contributed by atoms with Crippen LogP contribution in [0.1, 0.15) is 48.9 Å². The molecule has 1 aromatic heterocycles. The SMILES string of the molecule is CCCN(Cc1ccccc1-c1ccccc1)Cc1cc(=O)c(O)c2n1CCN(C(C)C)C2=O.O=C(O)C(F)(F)F. The fraction of sp³-hybridized carbons (Fsp3) is 0.367. The molecule has 4 rings (SSSR count). The lowest BCUT2D eigenvalue weighted by Gasteiger charge is -2.35. The predicted octanol–water partition coefficient (Wildman–Crippen LogP) is 5.13. The smallest absolute Gasteiger partial charge is 0.490 e. The van der Waals surface area contributed by atoms with Crippen LogP contribution < -0.4 is 5.43 Å². The third-order valence-corrected chi connectivity index (χ3v) is 6.69. The van der Waals surface area contributed by atoms with E-state index in [2.05, 4.69) is 48.2 Å². The number of hydrogen-bond acceptors (Lipinski definition) is 5. The van der Waals surface area contributed by atoms with Gasteiger partial charge in [-0.15, -0.1) is 0 Å². The molecule has 0 saturated heterocycles. The highest BCUT2D eigenvalue weighted by molar-refractivity contribution is 5.96. The largest absolute Gasteiger partial charge is 0.503 e. The average molecular weight is 574 g/mol. The van der Waals surface area contributed by atoms with E-state index < -0.39 is 23.3 Å². The summed E-state index contributed by atoms with van der Waals surface area (Å²) < 4.78 is 33.6. The van der Waals surface area contributed by atoms with E-state index in [1.165, 1.54) is 22.8 Å². The first-order valence-corrected chi connectivity index (χ1v) is 13.3. The van der Waals surface area contributed by atoms with Gasteiger partial charge >= 0.3 is 12.1 Å². The summed E-state index contributed by atoms with van der Waals surface area (Å²) in [6, 6.07) is 20.2. The number of carboxylic acids is 1. The Bertz CT molecular complexity index is 1420. The molecule has 1 amide bonds. The zero-order chi connectivity index (χ0) is 30.3. The number of aromatic nitrogens is 1. The third kappa shape index (κ3) is 7.75. The monoisotopic (exact) mass is 573 g/mol. The highest BCUT2D eigenvalue weighted by atomic mass is 19.4. The van der Waals surface area contributed by atoms with Crippen LogP contribution in [0, 0.1) is 0 Å². The number of aromatic hydroxyl groups is 1. The van der Waals surface area contributed by atoms with Gasteiger partial charge in [-0.1, -0.05) is 61.5 Å². The van der Waals surface area contributed by atoms with E-state index in [1.54, 1.807) is 4.90 Å². The number of alkyl halides is 3. The van der Waals surface area contributed by atoms with Crippen molar-refractivity contribution in [1.29, 1.82) is 0 Å². The molecule has 220 valence electrons. The molecule has 0 fully saturated rings. The maximum Gasteiger partial charge on any atom is 0.490 e. The highest BCUT2D eigenvalue weighted by Gasteiger charge is 2.38. The Hall–Kier alpha value is -4.12. The van der Waals surface area contributed by atoms with Crippen molar-refractivity contribution in [2.75, 3.05) is 13.1 Å². The molecule has 41 heavy (non-hydrogen) atoms. The molecule has 0 atom stereocenters. The number of carbonyl (C=O) groups excluding carboxylic acids is 1. The van der Waals surface area contributed by atoms with E-state index in [0.29, 0.717) is 19.6 Å². The van der Waals surface area contributed by atoms with Crippen LogP contribution in [-0.4, -0.2) is 61.8 Å². The molecule has 11 heteroatoms. The Kier molecular flexibility index (Phi) is 10.3. The minimum Gasteiger partial charge on any atom is -0.503 e. The molecule has 0 aliphatic carbocycles. The molecular formula is C30H34F3N3O5. The van der Waals surface area contributed by atoms with Crippen molar-refractivity contribution in [2.45, 2.75) is 59.0 Å². The Morgan fingerprint density at radius 2 is 1.61 bits per heavy atom. The van der Waals surface area contributed by atoms with Gasteiger partial charge in [-0.25, -0.2) is 4.79 Å². The minimum absolute atomic E-state index is 0.00508. The summed E-state index contributed by atoms with van der Waals surface area (Å²) in [5.41, 5.74) is 3.96. The fourth-order valence-electron chi connectivity index (χ4n) is 4.78. The number of fused-ring (bicyclic) bond motifs is 1. The van der Waals surface area contributed by atoms with Crippen molar-refractivity contribution in [3.05, 3.63) is 87.8 Å². The molecular weight excluding hydrogens is 539 g/mol. The summed E-state index contributed by atoms with van der Waals surface area (Å²) in [5, 5.41) is 17.6. The second-order valence-corrected chi connectivity index (χ2v) is 9.98. The summed E-state index contributed by atoms with van der Waals surface area (Å²) in [6.07, 6.45) is -4.12. The molecule has 0 spiro atoms. The van der Waals surface area contributed by atoms with Crippen LogP contribution in [-0.2, 0) is 24.4 Å². The summed E-state index contributed by atoms with van der Waals surface area (Å²) in [7, 11) is 0. The van der Waals surface area contributed by atoms with E-state index in [0.717, 1.165) is 25.2 Å².